The summed E-state index contributed by atoms with van der Waals surface area (Å²) < 4.78 is 39.4. The molecule has 4 aliphatic rings. The van der Waals surface area contributed by atoms with Gasteiger partial charge < -0.3 is 48.5 Å². The zero-order valence-corrected chi connectivity index (χ0v) is 37.2. The number of rotatable bonds is 13. The van der Waals surface area contributed by atoms with Crippen LogP contribution in [0.3, 0.4) is 0 Å². The maximum absolute atomic E-state index is 13.2. The van der Waals surface area contributed by atoms with Crippen LogP contribution in [0.4, 0.5) is 9.59 Å². The zero-order chi connectivity index (χ0) is 44.7. The Labute approximate surface area is 353 Å². The van der Waals surface area contributed by atoms with Crippen LogP contribution >= 0.6 is 0 Å². The Morgan fingerprint density at radius 2 is 1.27 bits per heavy atom. The van der Waals surface area contributed by atoms with Crippen LogP contribution in [0.1, 0.15) is 117 Å². The molecule has 3 heterocycles. The number of phenolic OH excluding ortho intramolecular Hbond substituents is 1. The molecule has 1 aliphatic carbocycles. The average molecular weight is 847 g/mol. The molecule has 0 unspecified atom stereocenters. The van der Waals surface area contributed by atoms with Gasteiger partial charge in [-0.25, -0.2) is 9.59 Å². The number of hydrogen-bond donors (Lipinski definition) is 3. The van der Waals surface area contributed by atoms with Gasteiger partial charge in [-0.3, -0.25) is 19.4 Å². The summed E-state index contributed by atoms with van der Waals surface area (Å²) in [4.78, 5) is 55.2. The highest BCUT2D eigenvalue weighted by molar-refractivity contribution is 6.25. The minimum absolute atomic E-state index is 0.0175. The predicted octanol–water partition coefficient (Wildman–Crippen LogP) is 5.98. The van der Waals surface area contributed by atoms with E-state index in [1.807, 2.05) is 6.92 Å². The van der Waals surface area contributed by atoms with Crippen LogP contribution in [-0.2, 0) is 39.7 Å². The van der Waals surface area contributed by atoms with Crippen molar-refractivity contribution in [3.8, 4) is 17.2 Å². The fourth-order valence-electron chi connectivity index (χ4n) is 7.75. The molecule has 16 nitrogen and oxygen atoms in total. The molecule has 3 N–H and O–H groups in total. The second-order valence-corrected chi connectivity index (χ2v) is 17.4. The number of fused-ring (bicyclic) bond motifs is 3. The van der Waals surface area contributed by atoms with E-state index in [9.17, 15) is 34.5 Å². The first-order valence-electron chi connectivity index (χ1n) is 20.9. The lowest BCUT2D eigenvalue weighted by atomic mass is 9.78. The van der Waals surface area contributed by atoms with Crippen molar-refractivity contribution in [2.24, 2.45) is 0 Å². The lowest BCUT2D eigenvalue weighted by Crippen LogP contribution is -2.57. The van der Waals surface area contributed by atoms with Crippen LogP contribution in [0.15, 0.2) is 22.5 Å². The number of aliphatic hydroxyl groups is 2. The fourth-order valence-corrected chi connectivity index (χ4v) is 7.75. The number of amides is 2. The van der Waals surface area contributed by atoms with Gasteiger partial charge in [-0.1, -0.05) is 26.7 Å². The number of phenols is 1. The highest BCUT2D eigenvalue weighted by Crippen LogP contribution is 2.52. The first-order chi connectivity index (χ1) is 28.3. The quantitative estimate of drug-likeness (QED) is 0.155. The third-order valence-corrected chi connectivity index (χ3v) is 10.6. The Morgan fingerprint density at radius 3 is 1.77 bits per heavy atom. The van der Waals surface area contributed by atoms with Crippen LogP contribution in [-0.4, -0.2) is 132 Å². The van der Waals surface area contributed by atoms with E-state index in [1.54, 1.807) is 55.4 Å². The molecule has 1 aromatic carbocycles. The number of carbonyl (C=O) groups excluding carboxylic acids is 4. The summed E-state index contributed by atoms with van der Waals surface area (Å²) in [5.74, 6) is 0.352. The van der Waals surface area contributed by atoms with Gasteiger partial charge >= 0.3 is 12.2 Å². The summed E-state index contributed by atoms with van der Waals surface area (Å²) in [6.45, 7) is 18.7. The van der Waals surface area contributed by atoms with Gasteiger partial charge in [0.15, 0.2) is 23.0 Å². The second kappa shape index (κ2) is 20.5. The van der Waals surface area contributed by atoms with Crippen molar-refractivity contribution in [1.29, 1.82) is 0 Å². The van der Waals surface area contributed by atoms with Gasteiger partial charge in [0, 0.05) is 46.6 Å². The summed E-state index contributed by atoms with van der Waals surface area (Å²) >= 11 is 0. The third kappa shape index (κ3) is 10.7. The van der Waals surface area contributed by atoms with E-state index in [1.165, 1.54) is 16.9 Å². The van der Waals surface area contributed by atoms with E-state index in [2.05, 4.69) is 6.92 Å². The predicted molar refractivity (Wildman–Crippen MR) is 220 cm³/mol. The Kier molecular flexibility index (Phi) is 16.5. The maximum Gasteiger partial charge on any atom is 0.411 e. The van der Waals surface area contributed by atoms with Crippen LogP contribution in [0.5, 0.6) is 17.2 Å². The molecule has 60 heavy (non-hydrogen) atoms. The van der Waals surface area contributed by atoms with Crippen LogP contribution in [0.2, 0.25) is 0 Å². The number of ketones is 2. The highest BCUT2D eigenvalue weighted by atomic mass is 16.7. The maximum atomic E-state index is 13.2. The molecule has 1 aromatic rings. The molecule has 0 saturated heterocycles. The third-order valence-electron chi connectivity index (χ3n) is 10.6. The van der Waals surface area contributed by atoms with Gasteiger partial charge in [0.05, 0.1) is 57.7 Å². The SMILES string of the molecule is CCCCOC[C@H]1C2=C(C[C@@H](CO)N1C(=O)OC(C)(C)C)C(=O)C(C)=C(OC)C2=O.CCCCOC[C@H]1c2c(c(O)c(C)c3c2OCO3)C[C@@H](CO)N1C(=O)OC(C)(C)C. The number of aliphatic hydroxyl groups excluding tert-OH is 2. The molecule has 4 atom stereocenters. The number of hydrogen-bond acceptors (Lipinski definition) is 14. The monoisotopic (exact) mass is 846 g/mol. The molecular weight excluding hydrogens is 780 g/mol. The summed E-state index contributed by atoms with van der Waals surface area (Å²) in [5, 5.41) is 31.0. The number of methoxy groups -OCH3 is 1. The molecule has 2 amide bonds. The van der Waals surface area contributed by atoms with Crippen molar-refractivity contribution in [3.05, 3.63) is 39.2 Å². The Hall–Kier alpha value is -4.38. The molecular formula is C44H66N2O14. The molecule has 3 aliphatic heterocycles. The summed E-state index contributed by atoms with van der Waals surface area (Å²) in [6, 6.07) is -2.70. The number of aromatic hydroxyl groups is 1. The Bertz CT molecular complexity index is 1810. The first-order valence-corrected chi connectivity index (χ1v) is 20.9. The van der Waals surface area contributed by atoms with E-state index in [0.29, 0.717) is 47.0 Å². The van der Waals surface area contributed by atoms with Crippen molar-refractivity contribution in [2.45, 2.75) is 143 Å². The Morgan fingerprint density at radius 1 is 0.767 bits per heavy atom. The number of ether oxygens (including phenoxy) is 7. The molecule has 16 heteroatoms. The minimum Gasteiger partial charge on any atom is -0.507 e. The first kappa shape index (κ1) is 48.3. The molecule has 0 saturated carbocycles. The topological polar surface area (TPSA) is 200 Å². The van der Waals surface area contributed by atoms with Crippen molar-refractivity contribution in [3.63, 3.8) is 0 Å². The van der Waals surface area contributed by atoms with E-state index in [-0.39, 0.29) is 74.5 Å². The number of benzene rings is 1. The van der Waals surface area contributed by atoms with Crippen LogP contribution < -0.4 is 9.47 Å². The molecule has 336 valence electrons. The van der Waals surface area contributed by atoms with Gasteiger partial charge in [0.25, 0.3) is 0 Å². The number of unbranched alkanes of at least 4 members (excludes halogenated alkanes) is 2. The molecule has 0 spiro atoms. The van der Waals surface area contributed by atoms with Gasteiger partial charge in [-0.05, 0) is 81.1 Å². The van der Waals surface area contributed by atoms with E-state index in [0.717, 1.165) is 25.7 Å². The van der Waals surface area contributed by atoms with Crippen molar-refractivity contribution < 1.29 is 67.7 Å². The molecule has 0 fully saturated rings. The zero-order valence-electron chi connectivity index (χ0n) is 37.2. The molecule has 0 bridgehead atoms. The molecule has 0 radical (unpaired) electrons. The number of nitrogens with zero attached hydrogens (tertiary/aromatic N) is 2. The Balaban J connectivity index is 0.000000265. The average Bonchev–Trinajstić information content (AvgIpc) is 3.67. The fraction of sp³-hybridized carbons (Fsp3) is 0.682. The normalized spacial score (nSPS) is 21.4. The van der Waals surface area contributed by atoms with E-state index < -0.39 is 53.3 Å². The van der Waals surface area contributed by atoms with Gasteiger partial charge in [0.1, 0.15) is 17.0 Å². The largest absolute Gasteiger partial charge is 0.507 e. The number of allylic oxidation sites excluding steroid dienone is 2. The number of Topliss-reactive ketones (excluding diaryl/α,β-unsaturated/α-hetero) is 2. The number of carbonyl (C=O) groups is 4. The molecule has 0 aromatic heterocycles. The van der Waals surface area contributed by atoms with Crippen LogP contribution in [0.25, 0.3) is 0 Å². The molecule has 5 rings (SSSR count). The van der Waals surface area contributed by atoms with Gasteiger partial charge in [-0.15, -0.1) is 0 Å². The summed E-state index contributed by atoms with van der Waals surface area (Å²) in [5.41, 5.74) is 1.18. The summed E-state index contributed by atoms with van der Waals surface area (Å²) in [6.07, 6.45) is 2.78. The minimum atomic E-state index is -0.854. The standard InChI is InChI=1S/2C22H33NO7/c1-6-7-8-27-11-16-17-15(18(25)13(2)19-20(17)29-12-28-19)9-14(10-24)23(16)21(26)30-22(3,4)5;1-7-8-9-29-12-16-17-15(18(25)13(2)20(28-6)19(17)26)10-14(11-24)23(16)21(27)30-22(3,4)5/h14,16,24-25H,6-12H2,1-5H3;14,16,24H,7-12H2,1-6H3/t2*14-,16-/m00/s1. The summed E-state index contributed by atoms with van der Waals surface area (Å²) in [7, 11) is 1.34. The second-order valence-electron chi connectivity index (χ2n) is 17.4. The van der Waals surface area contributed by atoms with Crippen LogP contribution in [0, 0.1) is 6.92 Å². The lowest BCUT2D eigenvalue weighted by Gasteiger charge is -2.44. The smallest absolute Gasteiger partial charge is 0.411 e. The van der Waals surface area contributed by atoms with Gasteiger partial charge in [-0.2, -0.15) is 0 Å². The van der Waals surface area contributed by atoms with Gasteiger partial charge in [0.2, 0.25) is 12.6 Å². The van der Waals surface area contributed by atoms with Crippen molar-refractivity contribution >= 4 is 23.8 Å². The van der Waals surface area contributed by atoms with Crippen molar-refractivity contribution in [2.75, 3.05) is 53.5 Å². The van der Waals surface area contributed by atoms with E-state index in [4.69, 9.17) is 33.2 Å². The highest BCUT2D eigenvalue weighted by Gasteiger charge is 2.49. The van der Waals surface area contributed by atoms with Crippen molar-refractivity contribution in [1.82, 2.24) is 9.80 Å². The van der Waals surface area contributed by atoms with E-state index >= 15 is 0 Å². The lowest BCUT2D eigenvalue weighted by molar-refractivity contribution is -0.120.